The molecule has 1 aliphatic rings. The molecule has 1 N–H and O–H groups in total. The van der Waals surface area contributed by atoms with Gasteiger partial charge in [-0.15, -0.1) is 0 Å². The van der Waals surface area contributed by atoms with Crippen LogP contribution in [0, 0.1) is 19.7 Å². The third-order valence-electron chi connectivity index (χ3n) is 6.39. The van der Waals surface area contributed by atoms with Gasteiger partial charge in [0.2, 0.25) is 0 Å². The number of anilines is 1. The third-order valence-corrected chi connectivity index (χ3v) is 7.00. The summed E-state index contributed by atoms with van der Waals surface area (Å²) in [4.78, 5) is 6.66. The number of hydrogen-bond donors (Lipinski definition) is 1. The van der Waals surface area contributed by atoms with Crippen molar-refractivity contribution in [1.29, 1.82) is 0 Å². The third kappa shape index (κ3) is 4.05. The second kappa shape index (κ2) is 9.32. The number of halogens is 2. The van der Waals surface area contributed by atoms with E-state index in [2.05, 4.69) is 16.4 Å². The van der Waals surface area contributed by atoms with Crippen LogP contribution in [0.4, 0.5) is 10.1 Å². The fourth-order valence-corrected chi connectivity index (χ4v) is 5.44. The van der Waals surface area contributed by atoms with Crippen LogP contribution in [0.3, 0.4) is 0 Å². The topological polar surface area (TPSA) is 42.3 Å². The van der Waals surface area contributed by atoms with E-state index in [4.69, 9.17) is 28.6 Å². The molecule has 1 fully saturated rings. The van der Waals surface area contributed by atoms with Crippen LogP contribution in [0.2, 0.25) is 5.02 Å². The van der Waals surface area contributed by atoms with Gasteiger partial charge in [-0.3, -0.25) is 4.98 Å². The Hall–Kier alpha value is -3.42. The molecule has 0 amide bonds. The molecule has 4 aromatic rings. The molecule has 0 spiro atoms. The summed E-state index contributed by atoms with van der Waals surface area (Å²) in [6.07, 6.45) is 1.77. The van der Waals surface area contributed by atoms with E-state index in [0.717, 1.165) is 28.3 Å². The number of ether oxygens (including phenoxy) is 1. The summed E-state index contributed by atoms with van der Waals surface area (Å²) in [7, 11) is 1.58. The van der Waals surface area contributed by atoms with Gasteiger partial charge in [0.05, 0.1) is 35.6 Å². The van der Waals surface area contributed by atoms with Crippen LogP contribution in [0.25, 0.3) is 5.69 Å². The van der Waals surface area contributed by atoms with E-state index in [0.29, 0.717) is 21.6 Å². The maximum Gasteiger partial charge on any atom is 0.174 e. The van der Waals surface area contributed by atoms with Gasteiger partial charge >= 0.3 is 0 Å². The molecule has 178 valence electrons. The lowest BCUT2D eigenvalue weighted by atomic mass is 9.96. The molecule has 2 aromatic heterocycles. The van der Waals surface area contributed by atoms with E-state index < -0.39 is 0 Å². The Kier molecular flexibility index (Phi) is 6.21. The Bertz CT molecular complexity index is 1410. The van der Waals surface area contributed by atoms with E-state index in [9.17, 15) is 4.39 Å². The van der Waals surface area contributed by atoms with Crippen molar-refractivity contribution in [2.24, 2.45) is 0 Å². The first kappa shape index (κ1) is 23.3. The van der Waals surface area contributed by atoms with E-state index in [-0.39, 0.29) is 17.9 Å². The maximum atomic E-state index is 14.8. The second-order valence-electron chi connectivity index (χ2n) is 8.43. The molecule has 8 heteroatoms. The molecule has 0 saturated carbocycles. The van der Waals surface area contributed by atoms with Crippen molar-refractivity contribution in [3.63, 3.8) is 0 Å². The quantitative estimate of drug-likeness (QED) is 0.314. The molecule has 0 unspecified atom stereocenters. The Morgan fingerprint density at radius 1 is 1.06 bits per heavy atom. The van der Waals surface area contributed by atoms with Gasteiger partial charge in [-0.05, 0) is 80.2 Å². The smallest absolute Gasteiger partial charge is 0.174 e. The van der Waals surface area contributed by atoms with Crippen molar-refractivity contribution >= 4 is 34.6 Å². The van der Waals surface area contributed by atoms with Crippen LogP contribution in [0.15, 0.2) is 72.9 Å². The number of benzene rings is 2. The van der Waals surface area contributed by atoms with Crippen molar-refractivity contribution < 1.29 is 9.13 Å². The van der Waals surface area contributed by atoms with E-state index >= 15 is 0 Å². The highest BCUT2D eigenvalue weighted by Crippen LogP contribution is 2.45. The number of methoxy groups -OCH3 is 1. The van der Waals surface area contributed by atoms with Crippen LogP contribution < -0.4 is 15.0 Å². The molecule has 0 radical (unpaired) electrons. The average Bonchev–Trinajstić information content (AvgIpc) is 3.35. The summed E-state index contributed by atoms with van der Waals surface area (Å²) >= 11 is 12.3. The molecule has 0 aliphatic carbocycles. The van der Waals surface area contributed by atoms with Crippen molar-refractivity contribution in [3.05, 3.63) is 106 Å². The van der Waals surface area contributed by atoms with Crippen LogP contribution in [-0.4, -0.2) is 21.8 Å². The highest BCUT2D eigenvalue weighted by molar-refractivity contribution is 7.80. The van der Waals surface area contributed by atoms with Gasteiger partial charge in [-0.2, -0.15) is 0 Å². The van der Waals surface area contributed by atoms with Crippen LogP contribution in [0.1, 0.15) is 34.7 Å². The molecule has 2 aromatic carbocycles. The van der Waals surface area contributed by atoms with Crippen LogP contribution >= 0.6 is 23.8 Å². The fourth-order valence-electron chi connectivity index (χ4n) is 4.84. The Balaban J connectivity index is 1.69. The van der Waals surface area contributed by atoms with E-state index in [1.165, 1.54) is 6.07 Å². The molecule has 3 heterocycles. The maximum absolute atomic E-state index is 14.8. The van der Waals surface area contributed by atoms with Crippen molar-refractivity contribution in [1.82, 2.24) is 14.9 Å². The van der Waals surface area contributed by atoms with Crippen LogP contribution in [0.5, 0.6) is 5.75 Å². The van der Waals surface area contributed by atoms with Gasteiger partial charge < -0.3 is 19.5 Å². The lowest BCUT2D eigenvalue weighted by Gasteiger charge is -2.28. The number of nitrogens with zero attached hydrogens (tertiary/aromatic N) is 3. The fraction of sp³-hybridized carbons (Fsp3) is 0.185. The average molecular weight is 507 g/mol. The van der Waals surface area contributed by atoms with Crippen molar-refractivity contribution in [2.45, 2.75) is 25.9 Å². The first-order valence-electron chi connectivity index (χ1n) is 11.2. The largest absolute Gasteiger partial charge is 0.495 e. The number of thiocarbonyl (C=S) groups is 1. The molecular weight excluding hydrogens is 483 g/mol. The normalized spacial score (nSPS) is 17.5. The zero-order valence-corrected chi connectivity index (χ0v) is 21.1. The molecule has 5 rings (SSSR count). The van der Waals surface area contributed by atoms with Gasteiger partial charge in [0.25, 0.3) is 0 Å². The number of para-hydroxylation sites is 1. The summed E-state index contributed by atoms with van der Waals surface area (Å²) < 4.78 is 22.1. The van der Waals surface area contributed by atoms with Gasteiger partial charge in [-0.1, -0.05) is 29.8 Å². The summed E-state index contributed by atoms with van der Waals surface area (Å²) in [5.41, 5.74) is 5.06. The Morgan fingerprint density at radius 3 is 2.51 bits per heavy atom. The highest BCUT2D eigenvalue weighted by atomic mass is 35.5. The number of aromatic nitrogens is 2. The van der Waals surface area contributed by atoms with Crippen LogP contribution in [-0.2, 0) is 0 Å². The summed E-state index contributed by atoms with van der Waals surface area (Å²) in [6.45, 7) is 3.98. The number of aryl methyl sites for hydroxylation is 1. The summed E-state index contributed by atoms with van der Waals surface area (Å²) in [6, 6.07) is 19.9. The Labute approximate surface area is 214 Å². The monoisotopic (exact) mass is 506 g/mol. The SMILES string of the molecule is COc1ccc(N2C(=S)N[C@H](c3ccccn3)[C@@H]2c2cc(C)n(-c3ccccc3F)c2C)cc1Cl. The molecule has 2 atom stereocenters. The first-order valence-corrected chi connectivity index (χ1v) is 12.0. The molecular formula is C27H24ClFN4OS. The number of nitrogens with one attached hydrogen (secondary N) is 1. The molecule has 1 aliphatic heterocycles. The number of hydrogen-bond acceptors (Lipinski definition) is 3. The minimum Gasteiger partial charge on any atom is -0.495 e. The molecule has 0 bridgehead atoms. The van der Waals surface area contributed by atoms with Crippen molar-refractivity contribution in [3.8, 4) is 11.4 Å². The van der Waals surface area contributed by atoms with E-state index in [1.54, 1.807) is 25.4 Å². The standard InChI is InChI=1S/C27H24ClFN4OS/c1-16-14-19(17(2)32(16)23-10-5-4-8-21(23)29)26-25(22-9-6-7-13-30-22)31-27(35)33(26)18-11-12-24(34-3)20(28)15-18/h4-15,25-26H,1-3H3,(H,31,35)/t25-,26+/m1/s1. The summed E-state index contributed by atoms with van der Waals surface area (Å²) in [5, 5.41) is 4.51. The van der Waals surface area contributed by atoms with Crippen molar-refractivity contribution in [2.75, 3.05) is 12.0 Å². The molecule has 5 nitrogen and oxygen atoms in total. The zero-order valence-electron chi connectivity index (χ0n) is 19.5. The lowest BCUT2D eigenvalue weighted by molar-refractivity contribution is 0.415. The van der Waals surface area contributed by atoms with Gasteiger partial charge in [-0.25, -0.2) is 4.39 Å². The predicted molar refractivity (Wildman–Crippen MR) is 141 cm³/mol. The number of rotatable bonds is 5. The van der Waals surface area contributed by atoms with Gasteiger partial charge in [0.1, 0.15) is 11.6 Å². The van der Waals surface area contributed by atoms with E-state index in [1.807, 2.05) is 65.8 Å². The lowest BCUT2D eigenvalue weighted by Crippen LogP contribution is -2.29. The first-order chi connectivity index (χ1) is 16.9. The zero-order chi connectivity index (χ0) is 24.7. The van der Waals surface area contributed by atoms with Gasteiger partial charge in [0.15, 0.2) is 5.11 Å². The predicted octanol–water partition coefficient (Wildman–Crippen LogP) is 6.47. The minimum absolute atomic E-state index is 0.223. The highest BCUT2D eigenvalue weighted by Gasteiger charge is 2.42. The molecule has 1 saturated heterocycles. The minimum atomic E-state index is -0.277. The second-order valence-corrected chi connectivity index (χ2v) is 9.22. The number of pyridine rings is 1. The molecule has 35 heavy (non-hydrogen) atoms. The Morgan fingerprint density at radius 2 is 1.83 bits per heavy atom. The van der Waals surface area contributed by atoms with Gasteiger partial charge in [0, 0.05) is 23.3 Å². The summed E-state index contributed by atoms with van der Waals surface area (Å²) in [5.74, 6) is 0.310.